The highest BCUT2D eigenvalue weighted by Crippen LogP contribution is 2.09. The molecule has 118 valence electrons. The molecule has 0 saturated heterocycles. The van der Waals surface area contributed by atoms with Crippen LogP contribution in [0.25, 0.3) is 0 Å². The molecule has 0 heterocycles. The number of carbonyl (C=O) groups excluding carboxylic acids is 1. The van der Waals surface area contributed by atoms with E-state index in [0.29, 0.717) is 17.6 Å². The van der Waals surface area contributed by atoms with E-state index in [1.165, 1.54) is 0 Å². The van der Waals surface area contributed by atoms with Gasteiger partial charge in [-0.3, -0.25) is 4.79 Å². The average Bonchev–Trinajstić information content (AvgIpc) is 2.50. The van der Waals surface area contributed by atoms with Crippen molar-refractivity contribution in [2.75, 3.05) is 25.0 Å². The lowest BCUT2D eigenvalue weighted by molar-refractivity contribution is -0.114. The van der Waals surface area contributed by atoms with Gasteiger partial charge >= 0.3 is 0 Å². The lowest BCUT2D eigenvalue weighted by atomic mass is 10.2. The Morgan fingerprint density at radius 3 is 2.77 bits per heavy atom. The lowest BCUT2D eigenvalue weighted by Gasteiger charge is -2.12. The highest BCUT2D eigenvalue weighted by molar-refractivity contribution is 5.94. The van der Waals surface area contributed by atoms with E-state index in [1.807, 2.05) is 19.1 Å². The minimum Gasteiger partial charge on any atom is -0.357 e. The van der Waals surface area contributed by atoms with Crippen molar-refractivity contribution in [3.63, 3.8) is 0 Å². The van der Waals surface area contributed by atoms with Crippen LogP contribution in [0.15, 0.2) is 29.3 Å². The minimum atomic E-state index is -0.184. The van der Waals surface area contributed by atoms with Gasteiger partial charge in [-0.15, -0.1) is 6.42 Å². The van der Waals surface area contributed by atoms with E-state index in [4.69, 9.17) is 6.42 Å². The molecule has 0 aliphatic heterocycles. The van der Waals surface area contributed by atoms with Crippen molar-refractivity contribution in [2.45, 2.75) is 20.8 Å². The van der Waals surface area contributed by atoms with E-state index in [-0.39, 0.29) is 12.5 Å². The van der Waals surface area contributed by atoms with Crippen molar-refractivity contribution in [3.8, 4) is 12.3 Å². The van der Waals surface area contributed by atoms with Crippen LogP contribution in [0.2, 0.25) is 0 Å². The molecule has 22 heavy (non-hydrogen) atoms. The van der Waals surface area contributed by atoms with Gasteiger partial charge in [0.05, 0.1) is 0 Å². The van der Waals surface area contributed by atoms with Crippen molar-refractivity contribution in [1.29, 1.82) is 0 Å². The first-order valence-corrected chi connectivity index (χ1v) is 7.43. The third kappa shape index (κ3) is 6.80. The zero-order valence-corrected chi connectivity index (χ0v) is 13.4. The number of hydrogen-bond donors (Lipinski definition) is 3. The zero-order chi connectivity index (χ0) is 16.4. The average molecular weight is 300 g/mol. The second kappa shape index (κ2) is 9.46. The number of guanidine groups is 1. The Balaban J connectivity index is 2.57. The minimum absolute atomic E-state index is 0.0493. The number of carbonyl (C=O) groups is 1. The topological polar surface area (TPSA) is 65.5 Å². The molecule has 1 rings (SSSR count). The molecule has 0 aliphatic carbocycles. The van der Waals surface area contributed by atoms with Gasteiger partial charge in [0, 0.05) is 24.3 Å². The zero-order valence-electron chi connectivity index (χ0n) is 13.4. The molecular formula is C17H24N4O. The molecule has 1 amide bonds. The maximum atomic E-state index is 11.9. The van der Waals surface area contributed by atoms with Crippen LogP contribution in [0.3, 0.4) is 0 Å². The summed E-state index contributed by atoms with van der Waals surface area (Å²) in [6, 6.07) is 7.17. The molecule has 0 atom stereocenters. The number of benzene rings is 1. The Bertz CT molecular complexity index is 558. The quantitative estimate of drug-likeness (QED) is 0.426. The summed E-state index contributed by atoms with van der Waals surface area (Å²) in [5, 5.41) is 9.08. The summed E-state index contributed by atoms with van der Waals surface area (Å²) in [5.41, 5.74) is 1.41. The Morgan fingerprint density at radius 1 is 1.36 bits per heavy atom. The van der Waals surface area contributed by atoms with Crippen molar-refractivity contribution < 1.29 is 4.79 Å². The molecule has 0 spiro atoms. The van der Waals surface area contributed by atoms with Gasteiger partial charge in [-0.2, -0.15) is 0 Å². The van der Waals surface area contributed by atoms with Gasteiger partial charge in [0.2, 0.25) is 5.91 Å². The van der Waals surface area contributed by atoms with Crippen LogP contribution in [0, 0.1) is 18.3 Å². The molecule has 5 heteroatoms. The lowest BCUT2D eigenvalue weighted by Crippen LogP contribution is -2.39. The first kappa shape index (κ1) is 17.6. The number of rotatable bonds is 6. The number of terminal acetylenes is 1. The molecule has 0 aromatic heterocycles. The van der Waals surface area contributed by atoms with E-state index >= 15 is 0 Å². The first-order valence-electron chi connectivity index (χ1n) is 7.43. The predicted octanol–water partition coefficient (Wildman–Crippen LogP) is 1.82. The van der Waals surface area contributed by atoms with E-state index in [9.17, 15) is 4.79 Å². The standard InChI is InChI=1S/C17H24N4O/c1-5-14-8-7-9-15(10-14)21-16(22)12-20-17(18-6-2)19-11-13(3)4/h1,7-10,13H,6,11-12H2,2-4H3,(H,21,22)(H2,18,19,20). The number of nitrogens with zero attached hydrogens (tertiary/aromatic N) is 1. The summed E-state index contributed by atoms with van der Waals surface area (Å²) in [5.74, 6) is 3.50. The summed E-state index contributed by atoms with van der Waals surface area (Å²) in [6.07, 6.45) is 5.34. The van der Waals surface area contributed by atoms with Gasteiger partial charge < -0.3 is 16.0 Å². The smallest absolute Gasteiger partial charge is 0.246 e. The molecule has 1 aromatic rings. The highest BCUT2D eigenvalue weighted by Gasteiger charge is 2.04. The van der Waals surface area contributed by atoms with Gasteiger partial charge in [0.15, 0.2) is 5.96 Å². The third-order valence-corrected chi connectivity index (χ3v) is 2.72. The Hall–Kier alpha value is -2.48. The van der Waals surface area contributed by atoms with Gasteiger partial charge in [0.25, 0.3) is 0 Å². The molecule has 0 radical (unpaired) electrons. The number of hydrogen-bond acceptors (Lipinski definition) is 2. The summed E-state index contributed by atoms with van der Waals surface area (Å²) < 4.78 is 0. The molecule has 1 aromatic carbocycles. The van der Waals surface area contributed by atoms with Crippen LogP contribution in [0.5, 0.6) is 0 Å². The van der Waals surface area contributed by atoms with Gasteiger partial charge in [-0.25, -0.2) is 4.99 Å². The van der Waals surface area contributed by atoms with Crippen LogP contribution in [-0.4, -0.2) is 31.5 Å². The van der Waals surface area contributed by atoms with Gasteiger partial charge in [-0.05, 0) is 31.0 Å². The Kier molecular flexibility index (Phi) is 7.55. The van der Waals surface area contributed by atoms with Crippen LogP contribution >= 0.6 is 0 Å². The number of nitrogens with one attached hydrogen (secondary N) is 3. The molecule has 0 unspecified atom stereocenters. The SMILES string of the molecule is C#Cc1cccc(NC(=O)CN=C(NCC)NCC(C)C)c1. The second-order valence-electron chi connectivity index (χ2n) is 5.24. The van der Waals surface area contributed by atoms with Gasteiger partial charge in [0.1, 0.15) is 6.54 Å². The third-order valence-electron chi connectivity index (χ3n) is 2.72. The van der Waals surface area contributed by atoms with E-state index < -0.39 is 0 Å². The van der Waals surface area contributed by atoms with Crippen molar-refractivity contribution in [2.24, 2.45) is 10.9 Å². The molecule has 0 aliphatic rings. The monoisotopic (exact) mass is 300 g/mol. The maximum absolute atomic E-state index is 11.9. The van der Waals surface area contributed by atoms with Crippen LogP contribution in [-0.2, 0) is 4.79 Å². The summed E-state index contributed by atoms with van der Waals surface area (Å²) in [7, 11) is 0. The first-order chi connectivity index (χ1) is 10.5. The molecule has 0 bridgehead atoms. The Labute approximate surface area is 132 Å². The Morgan fingerprint density at radius 2 is 2.14 bits per heavy atom. The van der Waals surface area contributed by atoms with Crippen molar-refractivity contribution in [1.82, 2.24) is 10.6 Å². The second-order valence-corrected chi connectivity index (χ2v) is 5.24. The number of amides is 1. The maximum Gasteiger partial charge on any atom is 0.246 e. The fourth-order valence-electron chi connectivity index (χ4n) is 1.68. The number of aliphatic imine (C=N–C) groups is 1. The van der Waals surface area contributed by atoms with E-state index in [1.54, 1.807) is 12.1 Å². The summed E-state index contributed by atoms with van der Waals surface area (Å²) >= 11 is 0. The van der Waals surface area contributed by atoms with Crippen LogP contribution < -0.4 is 16.0 Å². The fraction of sp³-hybridized carbons (Fsp3) is 0.412. The van der Waals surface area contributed by atoms with E-state index in [2.05, 4.69) is 40.7 Å². The molecule has 3 N–H and O–H groups in total. The fourth-order valence-corrected chi connectivity index (χ4v) is 1.68. The van der Waals surface area contributed by atoms with Crippen LogP contribution in [0.4, 0.5) is 5.69 Å². The summed E-state index contributed by atoms with van der Waals surface area (Å²) in [6.45, 7) is 7.81. The molecule has 0 fully saturated rings. The predicted molar refractivity (Wildman–Crippen MR) is 91.8 cm³/mol. The number of anilines is 1. The largest absolute Gasteiger partial charge is 0.357 e. The summed E-state index contributed by atoms with van der Waals surface area (Å²) in [4.78, 5) is 16.2. The van der Waals surface area contributed by atoms with Crippen molar-refractivity contribution in [3.05, 3.63) is 29.8 Å². The molecular weight excluding hydrogens is 276 g/mol. The molecule has 0 saturated carbocycles. The van der Waals surface area contributed by atoms with Gasteiger partial charge in [-0.1, -0.05) is 25.8 Å². The highest BCUT2D eigenvalue weighted by atomic mass is 16.1. The van der Waals surface area contributed by atoms with Crippen LogP contribution in [0.1, 0.15) is 26.3 Å². The molecule has 5 nitrogen and oxygen atoms in total. The van der Waals surface area contributed by atoms with E-state index in [0.717, 1.165) is 18.7 Å². The normalized spacial score (nSPS) is 11.0. The van der Waals surface area contributed by atoms with Crippen molar-refractivity contribution >= 4 is 17.6 Å².